The van der Waals surface area contributed by atoms with Crippen molar-refractivity contribution in [2.45, 2.75) is 51.1 Å². The number of halogens is 2. The van der Waals surface area contributed by atoms with Crippen LogP contribution in [0.4, 0.5) is 8.78 Å². The molecule has 0 aliphatic carbocycles. The Bertz CT molecular complexity index is 964. The molecule has 0 bridgehead atoms. The Morgan fingerprint density at radius 2 is 1.76 bits per heavy atom. The number of hydrogen-bond donors (Lipinski definition) is 2. The van der Waals surface area contributed by atoms with E-state index in [2.05, 4.69) is 10.6 Å². The Hall–Kier alpha value is -3.29. The maximum Gasteiger partial charge on any atom is 0.245 e. The lowest BCUT2D eigenvalue weighted by Crippen LogP contribution is -2.53. The highest BCUT2D eigenvalue weighted by Gasteiger charge is 2.29. The zero-order valence-corrected chi connectivity index (χ0v) is 18.7. The van der Waals surface area contributed by atoms with Crippen LogP contribution in [-0.2, 0) is 27.2 Å². The van der Waals surface area contributed by atoms with Gasteiger partial charge in [0, 0.05) is 19.2 Å². The first-order valence-electron chi connectivity index (χ1n) is 11.2. The Balaban J connectivity index is 1.52. The molecular weight excluding hydrogens is 428 g/mol. The number of nitrogens with one attached hydrogen (secondary N) is 2. The van der Waals surface area contributed by atoms with Gasteiger partial charge in [0.1, 0.15) is 23.7 Å². The van der Waals surface area contributed by atoms with Crippen LogP contribution < -0.4 is 10.6 Å². The summed E-state index contributed by atoms with van der Waals surface area (Å²) in [5, 5.41) is 5.28. The standard InChI is InChI=1S/C25H29F2N3O3/c1-17(28-23(31)15-19-13-20(26)16-21(27)14-19)24(32)29-22-9-5-6-11-30(25(22)33)12-10-18-7-3-2-4-8-18/h2-4,7-8,13-14,16-17,22H,5-6,9-12,15H2,1H3,(H,28,31)(H,29,32). The third kappa shape index (κ3) is 7.37. The van der Waals surface area contributed by atoms with Gasteiger partial charge in [-0.05, 0) is 55.9 Å². The molecular formula is C25H29F2N3O3. The molecule has 6 nitrogen and oxygen atoms in total. The lowest BCUT2D eigenvalue weighted by molar-refractivity contribution is -0.136. The van der Waals surface area contributed by atoms with Crippen LogP contribution in [0.3, 0.4) is 0 Å². The highest BCUT2D eigenvalue weighted by atomic mass is 19.1. The number of rotatable bonds is 8. The van der Waals surface area contributed by atoms with E-state index in [-0.39, 0.29) is 17.9 Å². The monoisotopic (exact) mass is 457 g/mol. The van der Waals surface area contributed by atoms with Crippen molar-refractivity contribution in [1.82, 2.24) is 15.5 Å². The van der Waals surface area contributed by atoms with Gasteiger partial charge in [0.05, 0.1) is 6.42 Å². The average Bonchev–Trinajstić information content (AvgIpc) is 2.93. The summed E-state index contributed by atoms with van der Waals surface area (Å²) in [6.45, 7) is 2.73. The number of carbonyl (C=O) groups is 3. The van der Waals surface area contributed by atoms with E-state index in [0.29, 0.717) is 19.5 Å². The summed E-state index contributed by atoms with van der Waals surface area (Å²) in [5.74, 6) is -2.68. The van der Waals surface area contributed by atoms with Gasteiger partial charge in [0.2, 0.25) is 17.7 Å². The van der Waals surface area contributed by atoms with Crippen LogP contribution in [0.2, 0.25) is 0 Å². The van der Waals surface area contributed by atoms with E-state index in [1.807, 2.05) is 30.3 Å². The molecule has 2 aromatic carbocycles. The van der Waals surface area contributed by atoms with Crippen molar-refractivity contribution in [3.05, 3.63) is 71.3 Å². The number of hydrogen-bond acceptors (Lipinski definition) is 3. The largest absolute Gasteiger partial charge is 0.344 e. The van der Waals surface area contributed by atoms with E-state index in [0.717, 1.165) is 43.0 Å². The Labute approximate surface area is 192 Å². The molecule has 0 aromatic heterocycles. The first-order chi connectivity index (χ1) is 15.8. The van der Waals surface area contributed by atoms with Crippen molar-refractivity contribution in [2.75, 3.05) is 13.1 Å². The number of carbonyl (C=O) groups excluding carboxylic acids is 3. The van der Waals surface area contributed by atoms with Crippen molar-refractivity contribution < 1.29 is 23.2 Å². The van der Waals surface area contributed by atoms with Gasteiger partial charge in [-0.2, -0.15) is 0 Å². The summed E-state index contributed by atoms with van der Waals surface area (Å²) in [6.07, 6.45) is 2.69. The molecule has 1 saturated heterocycles. The maximum atomic E-state index is 13.3. The van der Waals surface area contributed by atoms with E-state index in [9.17, 15) is 23.2 Å². The van der Waals surface area contributed by atoms with Gasteiger partial charge >= 0.3 is 0 Å². The summed E-state index contributed by atoms with van der Waals surface area (Å²) in [4.78, 5) is 39.6. The molecule has 1 fully saturated rings. The van der Waals surface area contributed by atoms with Crippen molar-refractivity contribution >= 4 is 17.7 Å². The van der Waals surface area contributed by atoms with Crippen LogP contribution in [0.15, 0.2) is 48.5 Å². The van der Waals surface area contributed by atoms with E-state index >= 15 is 0 Å². The number of likely N-dealkylation sites (tertiary alicyclic amines) is 1. The van der Waals surface area contributed by atoms with E-state index in [4.69, 9.17) is 0 Å². The van der Waals surface area contributed by atoms with Gasteiger partial charge in [0.25, 0.3) is 0 Å². The first-order valence-corrected chi connectivity index (χ1v) is 11.2. The van der Waals surface area contributed by atoms with Gasteiger partial charge in [0.15, 0.2) is 0 Å². The lowest BCUT2D eigenvalue weighted by Gasteiger charge is -2.26. The third-order valence-corrected chi connectivity index (χ3v) is 5.67. The molecule has 3 amide bonds. The van der Waals surface area contributed by atoms with Gasteiger partial charge < -0.3 is 15.5 Å². The molecule has 33 heavy (non-hydrogen) atoms. The fourth-order valence-electron chi connectivity index (χ4n) is 3.92. The molecule has 2 unspecified atom stereocenters. The Morgan fingerprint density at radius 1 is 1.06 bits per heavy atom. The molecule has 3 rings (SSSR count). The van der Waals surface area contributed by atoms with Crippen LogP contribution in [0, 0.1) is 11.6 Å². The van der Waals surface area contributed by atoms with Gasteiger partial charge in [-0.15, -0.1) is 0 Å². The van der Waals surface area contributed by atoms with Crippen LogP contribution in [0.25, 0.3) is 0 Å². The molecule has 1 aliphatic rings. The Kier molecular flexibility index (Phi) is 8.52. The van der Waals surface area contributed by atoms with Crippen molar-refractivity contribution in [3.8, 4) is 0 Å². The molecule has 2 aromatic rings. The van der Waals surface area contributed by atoms with Gasteiger partial charge in [-0.1, -0.05) is 30.3 Å². The predicted molar refractivity (Wildman–Crippen MR) is 120 cm³/mol. The normalized spacial score (nSPS) is 17.2. The van der Waals surface area contributed by atoms with E-state index in [1.54, 1.807) is 4.90 Å². The first kappa shape index (κ1) is 24.4. The second-order valence-corrected chi connectivity index (χ2v) is 8.36. The maximum absolute atomic E-state index is 13.3. The molecule has 176 valence electrons. The summed E-state index contributed by atoms with van der Waals surface area (Å²) in [6, 6.07) is 11.2. The second-order valence-electron chi connectivity index (χ2n) is 8.36. The number of benzene rings is 2. The average molecular weight is 458 g/mol. The fraction of sp³-hybridized carbons (Fsp3) is 0.400. The highest BCUT2D eigenvalue weighted by Crippen LogP contribution is 2.14. The van der Waals surface area contributed by atoms with Crippen LogP contribution in [0.1, 0.15) is 37.3 Å². The summed E-state index contributed by atoms with van der Waals surface area (Å²) >= 11 is 0. The minimum Gasteiger partial charge on any atom is -0.344 e. The topological polar surface area (TPSA) is 78.5 Å². The van der Waals surface area contributed by atoms with E-state index < -0.39 is 35.5 Å². The Morgan fingerprint density at radius 3 is 2.45 bits per heavy atom. The predicted octanol–water partition coefficient (Wildman–Crippen LogP) is 2.75. The minimum absolute atomic E-state index is 0.120. The molecule has 0 spiro atoms. The number of amides is 3. The molecule has 0 saturated carbocycles. The van der Waals surface area contributed by atoms with Crippen molar-refractivity contribution in [3.63, 3.8) is 0 Å². The van der Waals surface area contributed by atoms with Crippen molar-refractivity contribution in [2.24, 2.45) is 0 Å². The van der Waals surface area contributed by atoms with Crippen LogP contribution in [0.5, 0.6) is 0 Å². The molecule has 1 aliphatic heterocycles. The smallest absolute Gasteiger partial charge is 0.245 e. The fourth-order valence-corrected chi connectivity index (χ4v) is 3.92. The zero-order chi connectivity index (χ0) is 23.8. The molecule has 0 radical (unpaired) electrons. The second kappa shape index (κ2) is 11.5. The van der Waals surface area contributed by atoms with Crippen LogP contribution >= 0.6 is 0 Å². The summed E-state index contributed by atoms with van der Waals surface area (Å²) in [5.41, 5.74) is 1.32. The van der Waals surface area contributed by atoms with Crippen molar-refractivity contribution in [1.29, 1.82) is 0 Å². The molecule has 8 heteroatoms. The SMILES string of the molecule is CC(NC(=O)Cc1cc(F)cc(F)c1)C(=O)NC1CCCCN(CCc2ccccc2)C1=O. The third-order valence-electron chi connectivity index (χ3n) is 5.67. The van der Waals surface area contributed by atoms with Crippen LogP contribution in [-0.4, -0.2) is 47.8 Å². The molecule has 1 heterocycles. The van der Waals surface area contributed by atoms with Gasteiger partial charge in [-0.25, -0.2) is 8.78 Å². The number of nitrogens with zero attached hydrogens (tertiary/aromatic N) is 1. The van der Waals surface area contributed by atoms with Gasteiger partial charge in [-0.3, -0.25) is 14.4 Å². The lowest BCUT2D eigenvalue weighted by atomic mass is 10.1. The molecule has 2 atom stereocenters. The quantitative estimate of drug-likeness (QED) is 0.640. The zero-order valence-electron chi connectivity index (χ0n) is 18.7. The highest BCUT2D eigenvalue weighted by molar-refractivity contribution is 5.92. The minimum atomic E-state index is -0.898. The summed E-state index contributed by atoms with van der Waals surface area (Å²) in [7, 11) is 0. The summed E-state index contributed by atoms with van der Waals surface area (Å²) < 4.78 is 26.6. The molecule has 2 N–H and O–H groups in total. The van der Waals surface area contributed by atoms with E-state index in [1.165, 1.54) is 6.92 Å².